The molecule has 0 saturated heterocycles. The van der Waals surface area contributed by atoms with Crippen LogP contribution in [0.3, 0.4) is 0 Å². The van der Waals surface area contributed by atoms with Gasteiger partial charge in [0.2, 0.25) is 10.0 Å². The van der Waals surface area contributed by atoms with E-state index in [9.17, 15) is 22.4 Å². The molecule has 2 amide bonds. The highest BCUT2D eigenvalue weighted by Gasteiger charge is 2.20. The van der Waals surface area contributed by atoms with Gasteiger partial charge in [0.25, 0.3) is 11.8 Å². The number of aryl methyl sites for hydroxylation is 1. The zero-order chi connectivity index (χ0) is 25.0. The highest BCUT2D eigenvalue weighted by Crippen LogP contribution is 2.22. The number of rotatable bonds is 7. The van der Waals surface area contributed by atoms with Crippen LogP contribution in [0.4, 0.5) is 10.1 Å². The number of carbonyl (C=O) groups excluding carboxylic acids is 2. The number of benzene rings is 3. The highest BCUT2D eigenvalue weighted by molar-refractivity contribution is 7.89. The summed E-state index contributed by atoms with van der Waals surface area (Å²) in [4.78, 5) is 25.2. The van der Waals surface area contributed by atoms with E-state index in [1.807, 2.05) is 0 Å². The summed E-state index contributed by atoms with van der Waals surface area (Å²) in [5.41, 5.74) is 3.19. The van der Waals surface area contributed by atoms with Crippen LogP contribution >= 0.6 is 0 Å². The summed E-state index contributed by atoms with van der Waals surface area (Å²) >= 11 is 0. The number of hydrogen-bond acceptors (Lipinski definition) is 4. The Labute approximate surface area is 198 Å². The van der Waals surface area contributed by atoms with Crippen LogP contribution in [0, 0.1) is 19.7 Å². The highest BCUT2D eigenvalue weighted by atomic mass is 32.2. The molecule has 0 saturated carbocycles. The Bertz CT molecular complexity index is 1320. The quantitative estimate of drug-likeness (QED) is 0.471. The Morgan fingerprint density at radius 3 is 2.09 bits per heavy atom. The molecule has 0 radical (unpaired) electrons. The molecule has 34 heavy (non-hydrogen) atoms. The lowest BCUT2D eigenvalue weighted by atomic mass is 10.0. The van der Waals surface area contributed by atoms with E-state index in [1.165, 1.54) is 37.4 Å². The second kappa shape index (κ2) is 10.1. The van der Waals surface area contributed by atoms with E-state index in [2.05, 4.69) is 15.4 Å². The molecule has 0 fully saturated rings. The van der Waals surface area contributed by atoms with E-state index < -0.39 is 21.7 Å². The van der Waals surface area contributed by atoms with Crippen molar-refractivity contribution in [2.75, 3.05) is 12.4 Å². The van der Waals surface area contributed by atoms with Gasteiger partial charge in [-0.25, -0.2) is 17.5 Å². The third-order valence-corrected chi connectivity index (χ3v) is 7.10. The van der Waals surface area contributed by atoms with Gasteiger partial charge in [0.1, 0.15) is 5.82 Å². The summed E-state index contributed by atoms with van der Waals surface area (Å²) in [6.07, 6.45) is 0. The molecule has 0 aliphatic rings. The van der Waals surface area contributed by atoms with Gasteiger partial charge in [-0.3, -0.25) is 9.59 Å². The minimum Gasteiger partial charge on any atom is -0.346 e. The normalized spacial score (nSPS) is 12.1. The van der Waals surface area contributed by atoms with Gasteiger partial charge in [0.15, 0.2) is 0 Å². The maximum absolute atomic E-state index is 13.0. The number of sulfonamides is 1. The van der Waals surface area contributed by atoms with Crippen molar-refractivity contribution in [3.05, 3.63) is 94.3 Å². The monoisotopic (exact) mass is 483 g/mol. The zero-order valence-corrected chi connectivity index (χ0v) is 20.1. The Morgan fingerprint density at radius 1 is 0.882 bits per heavy atom. The van der Waals surface area contributed by atoms with E-state index >= 15 is 0 Å². The summed E-state index contributed by atoms with van der Waals surface area (Å²) < 4.78 is 39.9. The minimum absolute atomic E-state index is 0.0639. The van der Waals surface area contributed by atoms with Crippen LogP contribution in [-0.4, -0.2) is 27.3 Å². The lowest BCUT2D eigenvalue weighted by Crippen LogP contribution is -2.27. The Balaban J connectivity index is 1.71. The van der Waals surface area contributed by atoms with Crippen molar-refractivity contribution in [2.24, 2.45) is 0 Å². The van der Waals surface area contributed by atoms with Crippen LogP contribution in [-0.2, 0) is 10.0 Å². The topological polar surface area (TPSA) is 104 Å². The third kappa shape index (κ3) is 5.67. The fourth-order valence-corrected chi connectivity index (χ4v) is 4.44. The van der Waals surface area contributed by atoms with Crippen molar-refractivity contribution in [2.45, 2.75) is 31.7 Å². The second-order valence-electron chi connectivity index (χ2n) is 7.90. The van der Waals surface area contributed by atoms with Crippen LogP contribution in [0.25, 0.3) is 0 Å². The van der Waals surface area contributed by atoms with Crippen molar-refractivity contribution in [1.82, 2.24) is 10.0 Å². The molecule has 0 heterocycles. The number of carbonyl (C=O) groups is 2. The van der Waals surface area contributed by atoms with Crippen molar-refractivity contribution >= 4 is 27.5 Å². The number of amides is 2. The average molecular weight is 484 g/mol. The minimum atomic E-state index is -3.71. The summed E-state index contributed by atoms with van der Waals surface area (Å²) in [5.74, 6) is -1.19. The summed E-state index contributed by atoms with van der Waals surface area (Å²) in [5, 5.41) is 5.61. The molecular weight excluding hydrogens is 457 g/mol. The molecule has 178 valence electrons. The van der Waals surface area contributed by atoms with Crippen molar-refractivity contribution in [3.63, 3.8) is 0 Å². The molecule has 0 bridgehead atoms. The van der Waals surface area contributed by atoms with Gasteiger partial charge in [-0.2, -0.15) is 0 Å². The second-order valence-corrected chi connectivity index (χ2v) is 9.76. The molecule has 3 aromatic carbocycles. The van der Waals surface area contributed by atoms with Gasteiger partial charge in [-0.1, -0.05) is 12.1 Å². The van der Waals surface area contributed by atoms with E-state index in [4.69, 9.17) is 0 Å². The summed E-state index contributed by atoms with van der Waals surface area (Å²) in [6.45, 7) is 5.25. The molecule has 3 N–H and O–H groups in total. The first-order chi connectivity index (χ1) is 16.0. The summed E-state index contributed by atoms with van der Waals surface area (Å²) in [6, 6.07) is 14.8. The fourth-order valence-electron chi connectivity index (χ4n) is 3.37. The van der Waals surface area contributed by atoms with E-state index in [1.54, 1.807) is 51.1 Å². The number of nitrogens with one attached hydrogen (secondary N) is 3. The first kappa shape index (κ1) is 25.1. The van der Waals surface area contributed by atoms with Gasteiger partial charge in [0.05, 0.1) is 10.9 Å². The van der Waals surface area contributed by atoms with Gasteiger partial charge in [0, 0.05) is 16.8 Å². The summed E-state index contributed by atoms with van der Waals surface area (Å²) in [7, 11) is -2.38. The molecule has 0 aliphatic heterocycles. The van der Waals surface area contributed by atoms with Crippen LogP contribution < -0.4 is 15.4 Å². The number of hydrogen-bond donors (Lipinski definition) is 3. The van der Waals surface area contributed by atoms with Crippen LogP contribution in [0.2, 0.25) is 0 Å². The molecular formula is C25H26FN3O4S. The Kier molecular flexibility index (Phi) is 7.48. The molecule has 3 rings (SSSR count). The average Bonchev–Trinajstić information content (AvgIpc) is 2.81. The third-order valence-electron chi connectivity index (χ3n) is 5.56. The largest absolute Gasteiger partial charge is 0.346 e. The van der Waals surface area contributed by atoms with Crippen LogP contribution in [0.5, 0.6) is 0 Å². The van der Waals surface area contributed by atoms with E-state index in [0.29, 0.717) is 22.4 Å². The lowest BCUT2D eigenvalue weighted by molar-refractivity contribution is 0.0939. The van der Waals surface area contributed by atoms with Crippen molar-refractivity contribution in [3.8, 4) is 0 Å². The van der Waals surface area contributed by atoms with Crippen LogP contribution in [0.1, 0.15) is 50.4 Å². The molecule has 1 unspecified atom stereocenters. The number of halogens is 1. The zero-order valence-electron chi connectivity index (χ0n) is 19.3. The Hall–Kier alpha value is -3.56. The van der Waals surface area contributed by atoms with Crippen molar-refractivity contribution in [1.29, 1.82) is 0 Å². The number of anilines is 1. The predicted molar refractivity (Wildman–Crippen MR) is 129 cm³/mol. The SMILES string of the molecule is CNS(=O)(=O)c1cc(C(=O)NC(C)c2ccc(NC(=O)c3ccc(F)cc3)cc2)cc(C)c1C. The van der Waals surface area contributed by atoms with Crippen molar-refractivity contribution < 1.29 is 22.4 Å². The first-order valence-corrected chi connectivity index (χ1v) is 12.0. The maximum atomic E-state index is 13.0. The van der Waals surface area contributed by atoms with Gasteiger partial charge < -0.3 is 10.6 Å². The van der Waals surface area contributed by atoms with Gasteiger partial charge >= 0.3 is 0 Å². The fraction of sp³-hybridized carbons (Fsp3) is 0.200. The first-order valence-electron chi connectivity index (χ1n) is 10.5. The van der Waals surface area contributed by atoms with Crippen LogP contribution in [0.15, 0.2) is 65.6 Å². The molecule has 7 nitrogen and oxygen atoms in total. The molecule has 0 spiro atoms. The van der Waals surface area contributed by atoms with E-state index in [-0.39, 0.29) is 22.4 Å². The molecule has 0 aliphatic carbocycles. The molecule has 1 atom stereocenters. The standard InChI is InChI=1S/C25H26FN3O4S/c1-15-13-20(14-23(16(15)2)34(32,33)27-4)25(31)28-17(3)18-7-11-22(12-8-18)29-24(30)19-5-9-21(26)10-6-19/h5-14,17,27H,1-4H3,(H,28,31)(H,29,30). The van der Waals surface area contributed by atoms with Gasteiger partial charge in [-0.05, 0) is 93.0 Å². The maximum Gasteiger partial charge on any atom is 0.255 e. The molecule has 9 heteroatoms. The van der Waals surface area contributed by atoms with Gasteiger partial charge in [-0.15, -0.1) is 0 Å². The van der Waals surface area contributed by atoms with E-state index in [0.717, 1.165) is 5.56 Å². The lowest BCUT2D eigenvalue weighted by Gasteiger charge is -2.17. The molecule has 3 aromatic rings. The predicted octanol–water partition coefficient (Wildman–Crippen LogP) is 4.09. The molecule has 0 aromatic heterocycles. The smallest absolute Gasteiger partial charge is 0.255 e. The Morgan fingerprint density at radius 2 is 1.50 bits per heavy atom.